The fourth-order valence-electron chi connectivity index (χ4n) is 10.6. The highest BCUT2D eigenvalue weighted by Gasteiger charge is 2.19. The average Bonchev–Trinajstić information content (AvgIpc) is 3.41. The first-order valence-electron chi connectivity index (χ1n) is 34.2. The highest BCUT2D eigenvalue weighted by Crippen LogP contribution is 2.19. The van der Waals surface area contributed by atoms with Crippen LogP contribution in [0.25, 0.3) is 0 Å². The summed E-state index contributed by atoms with van der Waals surface area (Å²) in [4.78, 5) is 38.0. The standard InChI is InChI=1S/C69H132O6/c1-4-7-10-13-16-18-20-22-24-26-28-29-30-31-32-33-34-35-36-37-38-39-40-42-43-45-47-49-51-53-56-59-62-68(71)74-65-66(64-73-67(70)61-58-55-15-12-9-6-3)75-69(72)63-60-57-54-52-50-48-46-44-41-27-25-23-21-19-17-14-11-8-5-2/h23,25,66H,4-22,24,26-65H2,1-3H3/b25-23-. The van der Waals surface area contributed by atoms with E-state index < -0.39 is 6.10 Å². The quantitative estimate of drug-likeness (QED) is 0.0261. The second-order valence-corrected chi connectivity index (χ2v) is 23.5. The maximum absolute atomic E-state index is 12.8. The first kappa shape index (κ1) is 73.2. The summed E-state index contributed by atoms with van der Waals surface area (Å²) in [6.45, 7) is 6.65. The zero-order valence-corrected chi connectivity index (χ0v) is 51.1. The molecule has 0 saturated carbocycles. The molecule has 0 aromatic rings. The van der Waals surface area contributed by atoms with Crippen LogP contribution in [-0.4, -0.2) is 37.2 Å². The van der Waals surface area contributed by atoms with E-state index in [-0.39, 0.29) is 31.1 Å². The number of carbonyl (C=O) groups is 3. The Morgan fingerprint density at radius 1 is 0.253 bits per heavy atom. The van der Waals surface area contributed by atoms with Crippen molar-refractivity contribution in [2.45, 2.75) is 399 Å². The van der Waals surface area contributed by atoms with Crippen LogP contribution < -0.4 is 0 Å². The summed E-state index contributed by atoms with van der Waals surface area (Å²) in [5.74, 6) is -0.851. The smallest absolute Gasteiger partial charge is 0.306 e. The van der Waals surface area contributed by atoms with Crippen LogP contribution in [0.5, 0.6) is 0 Å². The van der Waals surface area contributed by atoms with Crippen LogP contribution >= 0.6 is 0 Å². The van der Waals surface area contributed by atoms with Crippen molar-refractivity contribution in [3.63, 3.8) is 0 Å². The summed E-state index contributed by atoms with van der Waals surface area (Å²) in [6, 6.07) is 0. The number of hydrogen-bond donors (Lipinski definition) is 0. The van der Waals surface area contributed by atoms with Gasteiger partial charge in [-0.1, -0.05) is 341 Å². The Hall–Kier alpha value is -1.85. The van der Waals surface area contributed by atoms with E-state index in [1.165, 1.54) is 295 Å². The molecule has 0 aromatic carbocycles. The van der Waals surface area contributed by atoms with Crippen LogP contribution in [0.1, 0.15) is 393 Å². The summed E-state index contributed by atoms with van der Waals surface area (Å²) in [7, 11) is 0. The topological polar surface area (TPSA) is 78.9 Å². The van der Waals surface area contributed by atoms with E-state index in [0.29, 0.717) is 19.3 Å². The molecule has 444 valence electrons. The lowest BCUT2D eigenvalue weighted by Gasteiger charge is -2.18. The van der Waals surface area contributed by atoms with E-state index in [1.54, 1.807) is 0 Å². The molecule has 0 aliphatic rings. The Balaban J connectivity index is 3.92. The van der Waals surface area contributed by atoms with Crippen molar-refractivity contribution >= 4 is 17.9 Å². The van der Waals surface area contributed by atoms with Crippen molar-refractivity contribution in [3.8, 4) is 0 Å². The van der Waals surface area contributed by atoms with Gasteiger partial charge in [0.1, 0.15) is 13.2 Å². The van der Waals surface area contributed by atoms with Crippen molar-refractivity contribution in [2.24, 2.45) is 0 Å². The van der Waals surface area contributed by atoms with Crippen LogP contribution in [0.3, 0.4) is 0 Å². The highest BCUT2D eigenvalue weighted by molar-refractivity contribution is 5.71. The number of ether oxygens (including phenoxy) is 3. The molecule has 0 N–H and O–H groups in total. The van der Waals surface area contributed by atoms with Gasteiger partial charge >= 0.3 is 17.9 Å². The molecule has 0 bridgehead atoms. The summed E-state index contributed by atoms with van der Waals surface area (Å²) < 4.78 is 16.8. The van der Waals surface area contributed by atoms with Gasteiger partial charge in [-0.15, -0.1) is 0 Å². The first-order valence-corrected chi connectivity index (χ1v) is 34.2. The van der Waals surface area contributed by atoms with Gasteiger partial charge in [-0.2, -0.15) is 0 Å². The van der Waals surface area contributed by atoms with Gasteiger partial charge in [-0.05, 0) is 44.9 Å². The molecule has 6 nitrogen and oxygen atoms in total. The largest absolute Gasteiger partial charge is 0.462 e. The molecule has 0 radical (unpaired) electrons. The molecule has 1 atom stereocenters. The molecule has 0 aromatic heterocycles. The molecular formula is C69H132O6. The van der Waals surface area contributed by atoms with Gasteiger partial charge in [0.2, 0.25) is 0 Å². The Morgan fingerprint density at radius 3 is 0.667 bits per heavy atom. The minimum absolute atomic E-state index is 0.0655. The number of esters is 3. The van der Waals surface area contributed by atoms with Gasteiger partial charge in [0.25, 0.3) is 0 Å². The van der Waals surface area contributed by atoms with E-state index in [4.69, 9.17) is 14.2 Å². The molecule has 0 aliphatic carbocycles. The van der Waals surface area contributed by atoms with Crippen molar-refractivity contribution < 1.29 is 28.6 Å². The van der Waals surface area contributed by atoms with Gasteiger partial charge < -0.3 is 14.2 Å². The predicted molar refractivity (Wildman–Crippen MR) is 326 cm³/mol. The molecular weight excluding hydrogens is 925 g/mol. The second kappa shape index (κ2) is 64.7. The zero-order valence-electron chi connectivity index (χ0n) is 51.1. The summed E-state index contributed by atoms with van der Waals surface area (Å²) >= 11 is 0. The van der Waals surface area contributed by atoms with Gasteiger partial charge in [-0.25, -0.2) is 0 Å². The monoisotopic (exact) mass is 1060 g/mol. The molecule has 1 unspecified atom stereocenters. The molecule has 0 heterocycles. The fraction of sp³-hybridized carbons (Fsp3) is 0.928. The molecule has 75 heavy (non-hydrogen) atoms. The second-order valence-electron chi connectivity index (χ2n) is 23.5. The third-order valence-electron chi connectivity index (χ3n) is 15.8. The number of carbonyl (C=O) groups excluding carboxylic acids is 3. The van der Waals surface area contributed by atoms with E-state index >= 15 is 0 Å². The van der Waals surface area contributed by atoms with Crippen molar-refractivity contribution in [2.75, 3.05) is 13.2 Å². The number of allylic oxidation sites excluding steroid dienone is 2. The summed E-state index contributed by atoms with van der Waals surface area (Å²) in [5, 5.41) is 0. The maximum atomic E-state index is 12.8. The van der Waals surface area contributed by atoms with Crippen LogP contribution in [-0.2, 0) is 28.6 Å². The van der Waals surface area contributed by atoms with Crippen LogP contribution in [0.2, 0.25) is 0 Å². The Morgan fingerprint density at radius 2 is 0.440 bits per heavy atom. The third-order valence-corrected chi connectivity index (χ3v) is 15.8. The normalized spacial score (nSPS) is 12.0. The molecule has 0 saturated heterocycles. The third kappa shape index (κ3) is 62.9. The van der Waals surface area contributed by atoms with Crippen LogP contribution in [0.4, 0.5) is 0 Å². The number of hydrogen-bond acceptors (Lipinski definition) is 6. The van der Waals surface area contributed by atoms with Gasteiger partial charge in [-0.3, -0.25) is 14.4 Å². The lowest BCUT2D eigenvalue weighted by Crippen LogP contribution is -2.30. The van der Waals surface area contributed by atoms with E-state index in [2.05, 4.69) is 32.9 Å². The Labute approximate surface area is 469 Å². The van der Waals surface area contributed by atoms with Crippen molar-refractivity contribution in [1.29, 1.82) is 0 Å². The highest BCUT2D eigenvalue weighted by atomic mass is 16.6. The van der Waals surface area contributed by atoms with Crippen LogP contribution in [0.15, 0.2) is 12.2 Å². The summed E-state index contributed by atoms with van der Waals surface area (Å²) in [5.41, 5.74) is 0. The molecule has 0 fully saturated rings. The van der Waals surface area contributed by atoms with Crippen LogP contribution in [0, 0.1) is 0 Å². The number of unbranched alkanes of at least 4 members (excludes halogenated alkanes) is 51. The average molecular weight is 1060 g/mol. The molecule has 0 spiro atoms. The molecule has 0 rings (SSSR count). The predicted octanol–water partition coefficient (Wildman–Crippen LogP) is 23.2. The van der Waals surface area contributed by atoms with E-state index in [1.807, 2.05) is 0 Å². The molecule has 6 heteroatoms. The van der Waals surface area contributed by atoms with Gasteiger partial charge in [0, 0.05) is 19.3 Å². The van der Waals surface area contributed by atoms with E-state index in [9.17, 15) is 14.4 Å². The Bertz CT molecular complexity index is 1170. The zero-order chi connectivity index (χ0) is 54.3. The summed E-state index contributed by atoms with van der Waals surface area (Å²) in [6.07, 6.45) is 77.2. The molecule has 0 aliphatic heterocycles. The maximum Gasteiger partial charge on any atom is 0.306 e. The van der Waals surface area contributed by atoms with Crippen molar-refractivity contribution in [3.05, 3.63) is 12.2 Å². The molecule has 0 amide bonds. The minimum atomic E-state index is -0.765. The lowest BCUT2D eigenvalue weighted by molar-refractivity contribution is -0.167. The minimum Gasteiger partial charge on any atom is -0.462 e. The van der Waals surface area contributed by atoms with Gasteiger partial charge in [0.15, 0.2) is 6.10 Å². The van der Waals surface area contributed by atoms with Crippen molar-refractivity contribution in [1.82, 2.24) is 0 Å². The van der Waals surface area contributed by atoms with E-state index in [0.717, 1.165) is 57.8 Å². The first-order chi connectivity index (χ1) is 37.0. The Kier molecular flexibility index (Phi) is 63.1. The number of rotatable bonds is 64. The SMILES string of the molecule is CCCCCCCC/C=C\CCCCCCCCCCCC(=O)OC(COC(=O)CCCCCCCC)COC(=O)CCCCCCCCCCCCCCCCCCCCCCCCCCCCCCCCCC. The van der Waals surface area contributed by atoms with Gasteiger partial charge in [0.05, 0.1) is 0 Å². The lowest BCUT2D eigenvalue weighted by atomic mass is 10.0. The fourth-order valence-corrected chi connectivity index (χ4v) is 10.6.